The van der Waals surface area contributed by atoms with Gasteiger partial charge in [-0.2, -0.15) is 0 Å². The summed E-state index contributed by atoms with van der Waals surface area (Å²) in [6.07, 6.45) is 2.50. The molecule has 2 aromatic rings. The van der Waals surface area contributed by atoms with Crippen LogP contribution >= 0.6 is 0 Å². The van der Waals surface area contributed by atoms with Gasteiger partial charge in [-0.05, 0) is 42.4 Å². The number of nitrogens with one attached hydrogen (secondary N) is 1. The maximum atomic E-state index is 13.3. The molecule has 36 heavy (non-hydrogen) atoms. The highest BCUT2D eigenvalue weighted by Gasteiger charge is 2.42. The summed E-state index contributed by atoms with van der Waals surface area (Å²) >= 11 is 0. The first-order valence-electron chi connectivity index (χ1n) is 13.3. The minimum Gasteiger partial charge on any atom is -0.493 e. The topological polar surface area (TPSA) is 71.1 Å². The van der Waals surface area contributed by atoms with Gasteiger partial charge in [-0.3, -0.25) is 9.59 Å². The number of hydrogen-bond acceptors (Lipinski definition) is 5. The molecule has 0 saturated carbocycles. The largest absolute Gasteiger partial charge is 0.493 e. The van der Waals surface area contributed by atoms with E-state index in [1.807, 2.05) is 36.4 Å². The van der Waals surface area contributed by atoms with E-state index in [0.717, 1.165) is 74.4 Å². The van der Waals surface area contributed by atoms with E-state index in [0.29, 0.717) is 31.7 Å². The fraction of sp³-hybridized carbons (Fsp3) is 0.517. The van der Waals surface area contributed by atoms with Gasteiger partial charge >= 0.3 is 0 Å². The number of nitrogens with zero attached hydrogens (tertiary/aromatic N) is 2. The van der Waals surface area contributed by atoms with Crippen LogP contribution in [0, 0.1) is 17.8 Å². The van der Waals surface area contributed by atoms with Crippen LogP contribution in [0.3, 0.4) is 0 Å². The van der Waals surface area contributed by atoms with Crippen molar-refractivity contribution in [3.63, 3.8) is 0 Å². The smallest absolute Gasteiger partial charge is 0.254 e. The number of ether oxygens (including phenoxy) is 2. The molecule has 0 bridgehead atoms. The van der Waals surface area contributed by atoms with E-state index in [4.69, 9.17) is 9.47 Å². The van der Waals surface area contributed by atoms with Gasteiger partial charge < -0.3 is 24.6 Å². The molecule has 4 atom stereocenters. The van der Waals surface area contributed by atoms with Gasteiger partial charge in [-0.25, -0.2) is 0 Å². The van der Waals surface area contributed by atoms with Crippen molar-refractivity contribution in [3.05, 3.63) is 65.2 Å². The third kappa shape index (κ3) is 4.74. The van der Waals surface area contributed by atoms with Crippen LogP contribution in [-0.4, -0.2) is 74.2 Å². The second-order valence-electron chi connectivity index (χ2n) is 10.7. The molecule has 4 aliphatic heterocycles. The van der Waals surface area contributed by atoms with Crippen molar-refractivity contribution in [1.82, 2.24) is 15.1 Å². The van der Waals surface area contributed by atoms with Gasteiger partial charge in [-0.15, -0.1) is 0 Å². The zero-order valence-corrected chi connectivity index (χ0v) is 20.7. The zero-order valence-electron chi connectivity index (χ0n) is 20.7. The molecule has 1 N–H and O–H groups in total. The lowest BCUT2D eigenvalue weighted by atomic mass is 10.0. The summed E-state index contributed by atoms with van der Waals surface area (Å²) in [7, 11) is 0. The van der Waals surface area contributed by atoms with Crippen molar-refractivity contribution >= 4 is 11.8 Å². The predicted molar refractivity (Wildman–Crippen MR) is 136 cm³/mol. The molecule has 2 amide bonds. The zero-order chi connectivity index (χ0) is 24.5. The Morgan fingerprint density at radius 3 is 2.53 bits per heavy atom. The van der Waals surface area contributed by atoms with Gasteiger partial charge in [0.2, 0.25) is 5.91 Å². The Kier molecular flexibility index (Phi) is 6.67. The number of fused-ring (bicyclic) bond motifs is 2. The van der Waals surface area contributed by atoms with E-state index in [1.54, 1.807) is 0 Å². The average molecular weight is 490 g/mol. The van der Waals surface area contributed by atoms with Crippen molar-refractivity contribution in [2.24, 2.45) is 17.8 Å². The van der Waals surface area contributed by atoms with Crippen LogP contribution in [0.2, 0.25) is 0 Å². The molecular weight excluding hydrogens is 454 g/mol. The Morgan fingerprint density at radius 2 is 1.78 bits per heavy atom. The van der Waals surface area contributed by atoms with Crippen LogP contribution < -0.4 is 10.1 Å². The molecule has 3 unspecified atom stereocenters. The normalized spacial score (nSPS) is 25.9. The SMILES string of the molecule is O=C(NC(CCN1CC2CN(C(=O)c3cccc4c3CCO4)C[C@@H]2C1)c1ccccc1)C1CCOC1. The lowest BCUT2D eigenvalue weighted by Gasteiger charge is -2.25. The summed E-state index contributed by atoms with van der Waals surface area (Å²) < 4.78 is 11.1. The Balaban J connectivity index is 1.04. The third-order valence-corrected chi connectivity index (χ3v) is 8.38. The number of benzene rings is 2. The summed E-state index contributed by atoms with van der Waals surface area (Å²) in [5, 5.41) is 3.30. The van der Waals surface area contributed by atoms with Crippen LogP contribution in [0.15, 0.2) is 48.5 Å². The first kappa shape index (κ1) is 23.5. The maximum Gasteiger partial charge on any atom is 0.254 e. The number of amides is 2. The molecule has 190 valence electrons. The van der Waals surface area contributed by atoms with Crippen LogP contribution in [0.1, 0.15) is 40.4 Å². The highest BCUT2D eigenvalue weighted by molar-refractivity contribution is 5.96. The highest BCUT2D eigenvalue weighted by atomic mass is 16.5. The molecule has 4 heterocycles. The minimum absolute atomic E-state index is 0.000196. The number of carbonyl (C=O) groups is 2. The van der Waals surface area contributed by atoms with Crippen molar-refractivity contribution in [1.29, 1.82) is 0 Å². The van der Waals surface area contributed by atoms with Gasteiger partial charge in [0, 0.05) is 56.9 Å². The van der Waals surface area contributed by atoms with Crippen LogP contribution in [-0.2, 0) is 16.0 Å². The van der Waals surface area contributed by atoms with Crippen LogP contribution in [0.5, 0.6) is 5.75 Å². The van der Waals surface area contributed by atoms with E-state index < -0.39 is 0 Å². The summed E-state index contributed by atoms with van der Waals surface area (Å²) in [5.74, 6) is 2.12. The van der Waals surface area contributed by atoms with Crippen molar-refractivity contribution in [2.75, 3.05) is 52.5 Å². The molecule has 6 rings (SSSR count). The van der Waals surface area contributed by atoms with Crippen LogP contribution in [0.4, 0.5) is 0 Å². The second-order valence-corrected chi connectivity index (χ2v) is 10.7. The Labute approximate surface area is 212 Å². The molecule has 4 aliphatic rings. The molecule has 0 radical (unpaired) electrons. The van der Waals surface area contributed by atoms with Gasteiger partial charge in [0.15, 0.2) is 0 Å². The first-order valence-corrected chi connectivity index (χ1v) is 13.3. The van der Waals surface area contributed by atoms with Gasteiger partial charge in [-0.1, -0.05) is 36.4 Å². The van der Waals surface area contributed by atoms with E-state index >= 15 is 0 Å². The molecule has 0 spiro atoms. The standard InChI is InChI=1S/C29H35N3O4/c33-28(21-10-13-35-19-21)30-26(20-5-2-1-3-6-20)9-12-31-15-22-17-32(18-23(22)16-31)29(34)25-7-4-8-27-24(25)11-14-36-27/h1-8,21-23,26H,9-19H2,(H,30,33)/t21?,22-,23?,26?/m0/s1. The van der Waals surface area contributed by atoms with E-state index in [9.17, 15) is 9.59 Å². The molecule has 7 nitrogen and oxygen atoms in total. The monoisotopic (exact) mass is 489 g/mol. The van der Waals surface area contributed by atoms with E-state index in [1.165, 1.54) is 0 Å². The van der Waals surface area contributed by atoms with Gasteiger partial charge in [0.25, 0.3) is 5.91 Å². The highest BCUT2D eigenvalue weighted by Crippen LogP contribution is 2.35. The summed E-state index contributed by atoms with van der Waals surface area (Å²) in [4.78, 5) is 30.7. The summed E-state index contributed by atoms with van der Waals surface area (Å²) in [5.41, 5.74) is 3.04. The fourth-order valence-corrected chi connectivity index (χ4v) is 6.38. The Bertz CT molecular complexity index is 1090. The lowest BCUT2D eigenvalue weighted by Crippen LogP contribution is -2.37. The average Bonchev–Trinajstić information content (AvgIpc) is 3.70. The quantitative estimate of drug-likeness (QED) is 0.648. The van der Waals surface area contributed by atoms with Crippen molar-refractivity contribution in [3.8, 4) is 5.75 Å². The lowest BCUT2D eigenvalue weighted by molar-refractivity contribution is -0.125. The third-order valence-electron chi connectivity index (χ3n) is 8.38. The van der Waals surface area contributed by atoms with Crippen molar-refractivity contribution < 1.29 is 19.1 Å². The Hall–Kier alpha value is -2.90. The predicted octanol–water partition coefficient (Wildman–Crippen LogP) is 2.91. The first-order chi connectivity index (χ1) is 17.7. The van der Waals surface area contributed by atoms with E-state index in [-0.39, 0.29) is 23.8 Å². The molecule has 2 aromatic carbocycles. The summed E-state index contributed by atoms with van der Waals surface area (Å²) in [6.45, 7) is 6.47. The summed E-state index contributed by atoms with van der Waals surface area (Å²) in [6, 6.07) is 16.1. The van der Waals surface area contributed by atoms with E-state index in [2.05, 4.69) is 27.2 Å². The fourth-order valence-electron chi connectivity index (χ4n) is 6.38. The van der Waals surface area contributed by atoms with Crippen molar-refractivity contribution in [2.45, 2.75) is 25.3 Å². The number of carbonyl (C=O) groups excluding carboxylic acids is 2. The Morgan fingerprint density at radius 1 is 0.972 bits per heavy atom. The van der Waals surface area contributed by atoms with Gasteiger partial charge in [0.1, 0.15) is 5.75 Å². The molecular formula is C29H35N3O4. The maximum absolute atomic E-state index is 13.3. The number of likely N-dealkylation sites (tertiary alicyclic amines) is 2. The van der Waals surface area contributed by atoms with Gasteiger partial charge in [0.05, 0.1) is 25.2 Å². The second kappa shape index (κ2) is 10.2. The minimum atomic E-state index is -0.0386. The molecule has 0 aromatic heterocycles. The molecule has 3 saturated heterocycles. The molecule has 0 aliphatic carbocycles. The molecule has 7 heteroatoms. The van der Waals surface area contributed by atoms with Crippen LogP contribution in [0.25, 0.3) is 0 Å². The number of rotatable bonds is 7. The number of hydrogen-bond donors (Lipinski definition) is 1. The molecule has 3 fully saturated rings.